The Morgan fingerprint density at radius 2 is 0.844 bits per heavy atom. The van der Waals surface area contributed by atoms with E-state index in [0.29, 0.717) is 48.7 Å². The van der Waals surface area contributed by atoms with Gasteiger partial charge in [0.2, 0.25) is 0 Å². The van der Waals surface area contributed by atoms with E-state index in [1.165, 1.54) is 11.8 Å². The number of carboxylic acids is 2. The lowest BCUT2D eigenvalue weighted by molar-refractivity contribution is -0.141. The van der Waals surface area contributed by atoms with E-state index in [-0.39, 0.29) is 0 Å². The van der Waals surface area contributed by atoms with E-state index >= 15 is 0 Å². The van der Waals surface area contributed by atoms with Gasteiger partial charge in [0.1, 0.15) is 11.5 Å². The van der Waals surface area contributed by atoms with Crippen molar-refractivity contribution in [2.45, 2.75) is 130 Å². The van der Waals surface area contributed by atoms with Crippen LogP contribution in [-0.2, 0) is 48.1 Å². The molecule has 2 atom stereocenters. The Kier molecular flexibility index (Phi) is 18.1. The Morgan fingerprint density at radius 3 is 1.09 bits per heavy atom. The molecule has 45 heavy (non-hydrogen) atoms. The van der Waals surface area contributed by atoms with E-state index in [4.69, 9.17) is 0 Å². The molecule has 0 saturated carbocycles. The van der Waals surface area contributed by atoms with Gasteiger partial charge in [-0.3, -0.25) is 9.59 Å². The Balaban J connectivity index is 2.04. The number of phenolic OH excluding ortho intramolecular Hbond substituents is 2. The smallest absolute Gasteiger partial charge is 0.307 e. The fourth-order valence-corrected chi connectivity index (χ4v) is 7.10. The number of benzene rings is 2. The van der Waals surface area contributed by atoms with Gasteiger partial charge in [0, 0.05) is 11.5 Å². The molecule has 0 spiro atoms. The molecular weight excluding hydrogens is 584 g/mol. The molecule has 6 nitrogen and oxygen atoms in total. The zero-order valence-electron chi connectivity index (χ0n) is 28.2. The normalized spacial score (nSPS) is 12.7. The van der Waals surface area contributed by atoms with Gasteiger partial charge in [-0.05, 0) is 110 Å². The Hall–Kier alpha value is -2.67. The molecule has 0 aromatic heterocycles. The van der Waals surface area contributed by atoms with Gasteiger partial charge in [-0.25, -0.2) is 0 Å². The first-order valence-electron chi connectivity index (χ1n) is 17.3. The molecule has 0 fully saturated rings. The molecule has 4 N–H and O–H groups in total. The third kappa shape index (κ3) is 13.3. The number of unbranched alkanes of at least 4 members (excludes halogenated alkanes) is 4. The van der Waals surface area contributed by atoms with Crippen LogP contribution in [0.3, 0.4) is 0 Å². The minimum Gasteiger partial charge on any atom is -0.507 e. The Labute approximate surface area is 276 Å². The molecule has 2 aromatic rings. The fourth-order valence-electron chi connectivity index (χ4n) is 5.77. The van der Waals surface area contributed by atoms with Gasteiger partial charge >= 0.3 is 11.9 Å². The summed E-state index contributed by atoms with van der Waals surface area (Å²) in [6.07, 6.45) is 13.6. The molecule has 0 aliphatic rings. The second kappa shape index (κ2) is 21.2. The van der Waals surface area contributed by atoms with Crippen LogP contribution in [0.5, 0.6) is 11.5 Å². The predicted molar refractivity (Wildman–Crippen MR) is 187 cm³/mol. The van der Waals surface area contributed by atoms with E-state index in [0.717, 1.165) is 110 Å². The summed E-state index contributed by atoms with van der Waals surface area (Å²) in [6, 6.07) is 8.16. The summed E-state index contributed by atoms with van der Waals surface area (Å²) in [6.45, 7) is 8.52. The summed E-state index contributed by atoms with van der Waals surface area (Å²) in [7, 11) is 0. The molecule has 2 aromatic carbocycles. The van der Waals surface area contributed by atoms with Crippen molar-refractivity contribution >= 4 is 23.7 Å². The third-order valence-corrected chi connectivity index (χ3v) is 10.0. The molecule has 0 saturated heterocycles. The van der Waals surface area contributed by atoms with Gasteiger partial charge in [-0.1, -0.05) is 77.6 Å². The first-order chi connectivity index (χ1) is 21.6. The molecule has 0 aliphatic carbocycles. The van der Waals surface area contributed by atoms with Crippen molar-refractivity contribution in [2.24, 2.45) is 11.8 Å². The van der Waals surface area contributed by atoms with Crippen molar-refractivity contribution in [3.63, 3.8) is 0 Å². The summed E-state index contributed by atoms with van der Waals surface area (Å²) < 4.78 is 0. The number of aryl methyl sites for hydroxylation is 6. The third-order valence-electron chi connectivity index (χ3n) is 8.75. The number of carboxylic acid groups (broad SMARTS) is 2. The lowest BCUT2D eigenvalue weighted by Crippen LogP contribution is -2.21. The van der Waals surface area contributed by atoms with Crippen LogP contribution in [0.25, 0.3) is 0 Å². The number of hydrogen-bond donors (Lipinski definition) is 4. The van der Waals surface area contributed by atoms with Gasteiger partial charge in [-0.15, -0.1) is 0 Å². The average Bonchev–Trinajstić information content (AvgIpc) is 3.02. The maximum absolute atomic E-state index is 12.2. The number of carbonyl (C=O) groups is 2. The van der Waals surface area contributed by atoms with Crippen LogP contribution in [-0.4, -0.2) is 43.9 Å². The van der Waals surface area contributed by atoms with E-state index in [9.17, 15) is 30.0 Å². The summed E-state index contributed by atoms with van der Waals surface area (Å²) in [5, 5.41) is 41.6. The van der Waals surface area contributed by atoms with Crippen LogP contribution in [0.1, 0.15) is 125 Å². The standard InChI is InChI=1S/C38H58O6S/c1-5-9-13-29-21-27(22-30(35(29)39)14-10-6-2)17-19-33(37(41)42)25-45-26-34(38(43)44)20-18-28-23-31(15-11-7-3)36(40)32(24-28)16-12-8-4/h21-24,33-34,39-40H,5-20,25-26H2,1-4H3,(H,41,42)(H,43,44). The van der Waals surface area contributed by atoms with Crippen molar-refractivity contribution in [2.75, 3.05) is 11.5 Å². The lowest BCUT2D eigenvalue weighted by atomic mass is 9.93. The molecule has 2 rings (SSSR count). The zero-order valence-corrected chi connectivity index (χ0v) is 29.0. The maximum Gasteiger partial charge on any atom is 0.307 e. The highest BCUT2D eigenvalue weighted by Gasteiger charge is 2.23. The predicted octanol–water partition coefficient (Wildman–Crippen LogP) is 9.17. The minimum atomic E-state index is -0.853. The summed E-state index contributed by atoms with van der Waals surface area (Å²) in [5.74, 6) is -1.33. The SMILES string of the molecule is CCCCc1cc(CCC(CSCC(CCc2cc(CCCC)c(O)c(CCCC)c2)C(=O)O)C(=O)O)cc(CCCC)c1O. The van der Waals surface area contributed by atoms with Gasteiger partial charge < -0.3 is 20.4 Å². The number of rotatable bonds is 24. The number of thioether (sulfide) groups is 1. The Morgan fingerprint density at radius 1 is 0.556 bits per heavy atom. The first-order valence-corrected chi connectivity index (χ1v) is 18.5. The van der Waals surface area contributed by atoms with E-state index in [1.54, 1.807) is 0 Å². The highest BCUT2D eigenvalue weighted by atomic mass is 32.2. The number of aromatic hydroxyl groups is 2. The monoisotopic (exact) mass is 642 g/mol. The van der Waals surface area contributed by atoms with Crippen molar-refractivity contribution in [1.82, 2.24) is 0 Å². The first kappa shape index (κ1) is 38.5. The highest BCUT2D eigenvalue weighted by molar-refractivity contribution is 7.99. The largest absolute Gasteiger partial charge is 0.507 e. The molecule has 2 unspecified atom stereocenters. The molecule has 0 bridgehead atoms. The minimum absolute atomic E-state index is 0.365. The maximum atomic E-state index is 12.2. The van der Waals surface area contributed by atoms with Crippen molar-refractivity contribution in [1.29, 1.82) is 0 Å². The van der Waals surface area contributed by atoms with Gasteiger partial charge in [0.25, 0.3) is 0 Å². The van der Waals surface area contributed by atoms with Crippen LogP contribution < -0.4 is 0 Å². The topological polar surface area (TPSA) is 115 Å². The highest BCUT2D eigenvalue weighted by Crippen LogP contribution is 2.31. The van der Waals surface area contributed by atoms with Crippen molar-refractivity contribution < 1.29 is 30.0 Å². The van der Waals surface area contributed by atoms with Crippen molar-refractivity contribution in [3.05, 3.63) is 57.6 Å². The summed E-state index contributed by atoms with van der Waals surface area (Å²) >= 11 is 1.42. The second-order valence-corrected chi connectivity index (χ2v) is 13.7. The number of phenols is 2. The zero-order chi connectivity index (χ0) is 33.2. The van der Waals surface area contributed by atoms with Gasteiger partial charge in [-0.2, -0.15) is 11.8 Å². The second-order valence-electron chi connectivity index (χ2n) is 12.6. The molecular formula is C38H58O6S. The summed E-state index contributed by atoms with van der Waals surface area (Å²) in [5.41, 5.74) is 5.94. The van der Waals surface area contributed by atoms with E-state index < -0.39 is 23.8 Å². The molecule has 0 radical (unpaired) electrons. The van der Waals surface area contributed by atoms with Crippen LogP contribution in [0.15, 0.2) is 24.3 Å². The quantitative estimate of drug-likeness (QED) is 0.0902. The average molecular weight is 643 g/mol. The fraction of sp³-hybridized carbons (Fsp3) is 0.632. The van der Waals surface area contributed by atoms with Gasteiger partial charge in [0.05, 0.1) is 11.8 Å². The van der Waals surface area contributed by atoms with E-state index in [2.05, 4.69) is 27.7 Å². The molecule has 0 amide bonds. The van der Waals surface area contributed by atoms with E-state index in [1.807, 2.05) is 24.3 Å². The summed E-state index contributed by atoms with van der Waals surface area (Å²) in [4.78, 5) is 24.3. The molecule has 7 heteroatoms. The van der Waals surface area contributed by atoms with Crippen LogP contribution >= 0.6 is 11.8 Å². The number of hydrogen-bond acceptors (Lipinski definition) is 5. The number of aliphatic carboxylic acids is 2. The molecule has 0 aliphatic heterocycles. The van der Waals surface area contributed by atoms with Crippen LogP contribution in [0.4, 0.5) is 0 Å². The Bertz CT molecular complexity index is 1040. The van der Waals surface area contributed by atoms with Crippen LogP contribution in [0.2, 0.25) is 0 Å². The lowest BCUT2D eigenvalue weighted by Gasteiger charge is -2.17. The molecule has 0 heterocycles. The van der Waals surface area contributed by atoms with Crippen molar-refractivity contribution in [3.8, 4) is 11.5 Å². The van der Waals surface area contributed by atoms with Gasteiger partial charge in [0.15, 0.2) is 0 Å². The molecule has 252 valence electrons. The van der Waals surface area contributed by atoms with Crippen LogP contribution in [0, 0.1) is 11.8 Å².